The summed E-state index contributed by atoms with van der Waals surface area (Å²) in [7, 11) is 0. The van der Waals surface area contributed by atoms with Crippen LogP contribution < -0.4 is 10.2 Å². The molecule has 0 radical (unpaired) electrons. The molecule has 0 aliphatic carbocycles. The van der Waals surface area contributed by atoms with Crippen LogP contribution in [0.1, 0.15) is 30.4 Å². The molecule has 0 amide bonds. The van der Waals surface area contributed by atoms with Crippen LogP contribution in [0.4, 0.5) is 5.69 Å². The van der Waals surface area contributed by atoms with Crippen molar-refractivity contribution in [1.29, 1.82) is 0 Å². The number of aryl methyl sites for hydroxylation is 1. The van der Waals surface area contributed by atoms with E-state index in [-0.39, 0.29) is 0 Å². The summed E-state index contributed by atoms with van der Waals surface area (Å²) in [5.74, 6) is 0. The van der Waals surface area contributed by atoms with Crippen LogP contribution in [0.25, 0.3) is 0 Å². The summed E-state index contributed by atoms with van der Waals surface area (Å²) < 4.78 is 0. The van der Waals surface area contributed by atoms with Gasteiger partial charge in [-0.3, -0.25) is 4.90 Å². The first kappa shape index (κ1) is 14.9. The van der Waals surface area contributed by atoms with Crippen LogP contribution in [0, 0.1) is 13.8 Å². The maximum Gasteiger partial charge on any atom is 0.0399 e. The molecule has 0 aromatic heterocycles. The van der Waals surface area contributed by atoms with Gasteiger partial charge in [0.2, 0.25) is 0 Å². The quantitative estimate of drug-likeness (QED) is 0.902. The summed E-state index contributed by atoms with van der Waals surface area (Å²) in [4.78, 5) is 5.28. The molecule has 2 fully saturated rings. The predicted molar refractivity (Wildman–Crippen MR) is 90.2 cm³/mol. The van der Waals surface area contributed by atoms with E-state index < -0.39 is 0 Å². The van der Waals surface area contributed by atoms with E-state index in [0.29, 0.717) is 0 Å². The summed E-state index contributed by atoms with van der Waals surface area (Å²) in [6, 6.07) is 7.45. The van der Waals surface area contributed by atoms with Gasteiger partial charge in [0.05, 0.1) is 0 Å². The maximum absolute atomic E-state index is 3.60. The first-order chi connectivity index (χ1) is 10.3. The Labute approximate surface area is 129 Å². The molecule has 3 rings (SSSR count). The Kier molecular flexibility index (Phi) is 4.81. The minimum absolute atomic E-state index is 0.758. The molecule has 1 aromatic rings. The maximum atomic E-state index is 3.60. The molecule has 2 aliphatic heterocycles. The second-order valence-electron chi connectivity index (χ2n) is 6.60. The Balaban J connectivity index is 1.60. The van der Waals surface area contributed by atoms with E-state index in [1.54, 1.807) is 0 Å². The van der Waals surface area contributed by atoms with Crippen LogP contribution in [-0.2, 0) is 0 Å². The third kappa shape index (κ3) is 3.41. The summed E-state index contributed by atoms with van der Waals surface area (Å²) >= 11 is 0. The van der Waals surface area contributed by atoms with E-state index >= 15 is 0 Å². The molecule has 1 aromatic carbocycles. The van der Waals surface area contributed by atoms with Crippen molar-refractivity contribution in [2.75, 3.05) is 44.2 Å². The Morgan fingerprint density at radius 1 is 1.05 bits per heavy atom. The van der Waals surface area contributed by atoms with E-state index in [2.05, 4.69) is 47.2 Å². The average molecular weight is 287 g/mol. The number of piperazine rings is 1. The lowest BCUT2D eigenvalue weighted by Gasteiger charge is -2.40. The van der Waals surface area contributed by atoms with Crippen LogP contribution in [-0.4, -0.2) is 50.2 Å². The van der Waals surface area contributed by atoms with Gasteiger partial charge in [-0.05, 0) is 50.4 Å². The lowest BCUT2D eigenvalue weighted by molar-refractivity contribution is 0.177. The van der Waals surface area contributed by atoms with Gasteiger partial charge in [-0.25, -0.2) is 0 Å². The van der Waals surface area contributed by atoms with Crippen molar-refractivity contribution in [1.82, 2.24) is 10.2 Å². The van der Waals surface area contributed by atoms with Crippen molar-refractivity contribution in [3.05, 3.63) is 29.3 Å². The number of rotatable bonds is 2. The van der Waals surface area contributed by atoms with Gasteiger partial charge in [-0.2, -0.15) is 0 Å². The molecule has 2 aliphatic rings. The standard InChI is InChI=1S/C18H29N3/c1-15-6-5-8-18(16(15)2)21-12-10-20(11-13-21)17-7-3-4-9-19-14-17/h5-6,8,17,19H,3-4,7,9-14H2,1-2H3. The van der Waals surface area contributed by atoms with Crippen molar-refractivity contribution in [2.45, 2.75) is 39.2 Å². The number of benzene rings is 1. The predicted octanol–water partition coefficient (Wildman–Crippen LogP) is 2.57. The summed E-state index contributed by atoms with van der Waals surface area (Å²) in [5.41, 5.74) is 4.29. The molecule has 0 bridgehead atoms. The molecule has 3 heteroatoms. The van der Waals surface area contributed by atoms with Crippen LogP contribution in [0.15, 0.2) is 18.2 Å². The smallest absolute Gasteiger partial charge is 0.0399 e. The van der Waals surface area contributed by atoms with Gasteiger partial charge >= 0.3 is 0 Å². The number of anilines is 1. The Morgan fingerprint density at radius 2 is 1.86 bits per heavy atom. The van der Waals surface area contributed by atoms with E-state index in [0.717, 1.165) is 6.04 Å². The molecule has 1 N–H and O–H groups in total. The zero-order valence-corrected chi connectivity index (χ0v) is 13.6. The third-order valence-electron chi connectivity index (χ3n) is 5.27. The first-order valence-corrected chi connectivity index (χ1v) is 8.51. The molecule has 2 saturated heterocycles. The molecule has 0 spiro atoms. The second-order valence-corrected chi connectivity index (χ2v) is 6.60. The largest absolute Gasteiger partial charge is 0.369 e. The number of nitrogens with one attached hydrogen (secondary N) is 1. The van der Waals surface area contributed by atoms with Crippen molar-refractivity contribution in [2.24, 2.45) is 0 Å². The monoisotopic (exact) mass is 287 g/mol. The molecule has 116 valence electrons. The van der Waals surface area contributed by atoms with Crippen LogP contribution >= 0.6 is 0 Å². The van der Waals surface area contributed by atoms with Crippen molar-refractivity contribution < 1.29 is 0 Å². The molecule has 0 saturated carbocycles. The van der Waals surface area contributed by atoms with Gasteiger partial charge in [-0.15, -0.1) is 0 Å². The number of hydrogen-bond donors (Lipinski definition) is 1. The Hall–Kier alpha value is -1.06. The van der Waals surface area contributed by atoms with Crippen molar-refractivity contribution >= 4 is 5.69 Å². The fourth-order valence-corrected chi connectivity index (χ4v) is 3.72. The lowest BCUT2D eigenvalue weighted by atomic mass is 10.1. The van der Waals surface area contributed by atoms with Crippen LogP contribution in [0.3, 0.4) is 0 Å². The van der Waals surface area contributed by atoms with Gasteiger partial charge in [0.1, 0.15) is 0 Å². The summed E-state index contributed by atoms with van der Waals surface area (Å²) in [6.07, 6.45) is 4.10. The van der Waals surface area contributed by atoms with Gasteiger partial charge < -0.3 is 10.2 Å². The van der Waals surface area contributed by atoms with Crippen LogP contribution in [0.2, 0.25) is 0 Å². The first-order valence-electron chi connectivity index (χ1n) is 8.51. The highest BCUT2D eigenvalue weighted by Gasteiger charge is 2.25. The van der Waals surface area contributed by atoms with Gasteiger partial charge in [0.15, 0.2) is 0 Å². The fraction of sp³-hybridized carbons (Fsp3) is 0.667. The normalized spacial score (nSPS) is 24.9. The van der Waals surface area contributed by atoms with E-state index in [1.807, 2.05) is 0 Å². The highest BCUT2D eigenvalue weighted by Crippen LogP contribution is 2.24. The summed E-state index contributed by atoms with van der Waals surface area (Å²) in [6.45, 7) is 11.6. The van der Waals surface area contributed by atoms with Crippen LogP contribution in [0.5, 0.6) is 0 Å². The molecule has 21 heavy (non-hydrogen) atoms. The van der Waals surface area contributed by atoms with E-state index in [1.165, 1.54) is 75.3 Å². The number of hydrogen-bond acceptors (Lipinski definition) is 3. The summed E-state index contributed by atoms with van der Waals surface area (Å²) in [5, 5.41) is 3.60. The zero-order chi connectivity index (χ0) is 14.7. The molecule has 1 atom stereocenters. The average Bonchev–Trinajstić information content (AvgIpc) is 2.79. The molecule has 1 unspecified atom stereocenters. The minimum atomic E-state index is 0.758. The Bertz CT molecular complexity index is 456. The molecule has 2 heterocycles. The molecular formula is C18H29N3. The molecule has 3 nitrogen and oxygen atoms in total. The topological polar surface area (TPSA) is 18.5 Å². The zero-order valence-electron chi connectivity index (χ0n) is 13.6. The molecular weight excluding hydrogens is 258 g/mol. The fourth-order valence-electron chi connectivity index (χ4n) is 3.72. The van der Waals surface area contributed by atoms with Crippen molar-refractivity contribution in [3.63, 3.8) is 0 Å². The van der Waals surface area contributed by atoms with E-state index in [9.17, 15) is 0 Å². The van der Waals surface area contributed by atoms with Gasteiger partial charge in [-0.1, -0.05) is 18.6 Å². The second kappa shape index (κ2) is 6.80. The third-order valence-corrected chi connectivity index (χ3v) is 5.27. The van der Waals surface area contributed by atoms with Gasteiger partial charge in [0.25, 0.3) is 0 Å². The highest BCUT2D eigenvalue weighted by atomic mass is 15.3. The van der Waals surface area contributed by atoms with E-state index in [4.69, 9.17) is 0 Å². The number of nitrogens with zero attached hydrogens (tertiary/aromatic N) is 2. The highest BCUT2D eigenvalue weighted by molar-refractivity contribution is 5.56. The van der Waals surface area contributed by atoms with Gasteiger partial charge in [0, 0.05) is 44.5 Å². The van der Waals surface area contributed by atoms with Crippen molar-refractivity contribution in [3.8, 4) is 0 Å². The minimum Gasteiger partial charge on any atom is -0.369 e. The lowest BCUT2D eigenvalue weighted by Crippen LogP contribution is -2.52. The Morgan fingerprint density at radius 3 is 2.67 bits per heavy atom. The SMILES string of the molecule is Cc1cccc(N2CCN(C3CCCCNC3)CC2)c1C.